The second-order valence-corrected chi connectivity index (χ2v) is 7.38. The average Bonchev–Trinajstić information content (AvgIpc) is 3.19. The first kappa shape index (κ1) is 17.8. The third-order valence-corrected chi connectivity index (χ3v) is 5.52. The number of fused-ring (bicyclic) bond motifs is 2. The summed E-state index contributed by atoms with van der Waals surface area (Å²) in [5, 5.41) is 8.92. The normalized spacial score (nSPS) is 16.7. The fraction of sp³-hybridized carbons (Fsp3) is 0.217. The number of hydrogen-bond donors (Lipinski definition) is 0. The number of aromatic nitrogens is 2. The molecule has 1 aliphatic heterocycles. The molecule has 0 saturated carbocycles. The molecular formula is C23H20FN3O2. The summed E-state index contributed by atoms with van der Waals surface area (Å²) in [6, 6.07) is 15.2. The minimum Gasteiger partial charge on any atom is -0.493 e. The highest BCUT2D eigenvalue weighted by Crippen LogP contribution is 2.40. The Kier molecular flexibility index (Phi) is 4.28. The van der Waals surface area contributed by atoms with Crippen LogP contribution in [0.2, 0.25) is 0 Å². The molecule has 1 atom stereocenters. The Bertz CT molecular complexity index is 1190. The number of furan rings is 1. The Morgan fingerprint density at radius 3 is 2.86 bits per heavy atom. The number of para-hydroxylation sites is 1. The van der Waals surface area contributed by atoms with Gasteiger partial charge in [0.2, 0.25) is 0 Å². The van der Waals surface area contributed by atoms with Crippen LogP contribution < -0.4 is 4.74 Å². The summed E-state index contributed by atoms with van der Waals surface area (Å²) < 4.78 is 27.1. The van der Waals surface area contributed by atoms with Crippen molar-refractivity contribution in [2.75, 3.05) is 20.7 Å². The van der Waals surface area contributed by atoms with E-state index in [0.717, 1.165) is 28.8 Å². The first-order chi connectivity index (χ1) is 14.2. The number of hydrogen-bond acceptors (Lipinski definition) is 5. The van der Waals surface area contributed by atoms with E-state index in [0.29, 0.717) is 29.1 Å². The molecule has 29 heavy (non-hydrogen) atoms. The van der Waals surface area contributed by atoms with Crippen molar-refractivity contribution in [3.05, 3.63) is 77.4 Å². The Balaban J connectivity index is 1.64. The van der Waals surface area contributed by atoms with Gasteiger partial charge in [0.1, 0.15) is 11.6 Å². The Morgan fingerprint density at radius 2 is 2.07 bits per heavy atom. The maximum atomic E-state index is 15.5. The summed E-state index contributed by atoms with van der Waals surface area (Å²) in [6.45, 7) is 1.29. The fourth-order valence-electron chi connectivity index (χ4n) is 4.14. The number of benzene rings is 2. The highest BCUT2D eigenvalue weighted by Gasteiger charge is 2.31. The van der Waals surface area contributed by atoms with Crippen molar-refractivity contribution < 1.29 is 13.5 Å². The zero-order chi connectivity index (χ0) is 20.0. The maximum Gasteiger partial charge on any atom is 0.176 e. The predicted octanol–water partition coefficient (Wildman–Crippen LogP) is 4.61. The number of halogens is 1. The van der Waals surface area contributed by atoms with E-state index >= 15 is 4.39 Å². The molecular weight excluding hydrogens is 369 g/mol. The van der Waals surface area contributed by atoms with Gasteiger partial charge in [0.15, 0.2) is 11.3 Å². The first-order valence-corrected chi connectivity index (χ1v) is 9.50. The average molecular weight is 389 g/mol. The van der Waals surface area contributed by atoms with Crippen LogP contribution in [0, 0.1) is 5.82 Å². The molecule has 0 spiro atoms. The van der Waals surface area contributed by atoms with Gasteiger partial charge in [-0.1, -0.05) is 18.2 Å². The lowest BCUT2D eigenvalue weighted by molar-refractivity contribution is 0.276. The molecule has 5 rings (SSSR count). The number of ether oxygens (including phenoxy) is 1. The fourth-order valence-corrected chi connectivity index (χ4v) is 4.14. The minimum absolute atomic E-state index is 0.0636. The van der Waals surface area contributed by atoms with Gasteiger partial charge in [-0.2, -0.15) is 10.2 Å². The molecule has 5 nitrogen and oxygen atoms in total. The molecule has 2 aromatic heterocycles. The molecule has 0 aliphatic carbocycles. The Morgan fingerprint density at radius 1 is 1.17 bits per heavy atom. The molecule has 0 saturated heterocycles. The minimum atomic E-state index is -0.242. The summed E-state index contributed by atoms with van der Waals surface area (Å²) in [6.07, 6.45) is 1.58. The van der Waals surface area contributed by atoms with Crippen molar-refractivity contribution in [2.24, 2.45) is 0 Å². The molecule has 2 aromatic carbocycles. The highest BCUT2D eigenvalue weighted by molar-refractivity contribution is 5.84. The van der Waals surface area contributed by atoms with Gasteiger partial charge in [0, 0.05) is 35.8 Å². The van der Waals surface area contributed by atoms with Crippen LogP contribution in [0.3, 0.4) is 0 Å². The van der Waals surface area contributed by atoms with Crippen molar-refractivity contribution in [2.45, 2.75) is 12.5 Å². The molecule has 6 heteroatoms. The van der Waals surface area contributed by atoms with Crippen molar-refractivity contribution in [1.82, 2.24) is 15.1 Å². The van der Waals surface area contributed by atoms with E-state index in [4.69, 9.17) is 9.15 Å². The second kappa shape index (κ2) is 6.97. The van der Waals surface area contributed by atoms with Gasteiger partial charge in [0.05, 0.1) is 18.7 Å². The SMILES string of the molecule is COc1cccc2cc(C3CN(C)Cc4c3ccc(-c3cccnn3)c4F)oc12. The molecule has 1 aliphatic rings. The monoisotopic (exact) mass is 389 g/mol. The molecule has 4 aromatic rings. The largest absolute Gasteiger partial charge is 0.493 e. The van der Waals surface area contributed by atoms with Crippen LogP contribution in [-0.2, 0) is 6.54 Å². The van der Waals surface area contributed by atoms with Crippen LogP contribution in [-0.4, -0.2) is 35.8 Å². The van der Waals surface area contributed by atoms with Gasteiger partial charge >= 0.3 is 0 Å². The molecule has 146 valence electrons. The molecule has 0 radical (unpaired) electrons. The molecule has 3 heterocycles. The second-order valence-electron chi connectivity index (χ2n) is 7.38. The van der Waals surface area contributed by atoms with Gasteiger partial charge in [-0.05, 0) is 42.9 Å². The van der Waals surface area contributed by atoms with Gasteiger partial charge in [-0.15, -0.1) is 0 Å². The molecule has 0 N–H and O–H groups in total. The number of likely N-dealkylation sites (N-methyl/N-ethyl adjacent to an activating group) is 1. The topological polar surface area (TPSA) is 51.4 Å². The van der Waals surface area contributed by atoms with Crippen LogP contribution in [0.25, 0.3) is 22.2 Å². The predicted molar refractivity (Wildman–Crippen MR) is 108 cm³/mol. The number of rotatable bonds is 3. The summed E-state index contributed by atoms with van der Waals surface area (Å²) in [7, 11) is 3.62. The molecule has 1 unspecified atom stereocenters. The standard InChI is InChI=1S/C23H20FN3O2/c1-27-12-17(21-11-14-5-3-7-20(28-2)23(14)29-21)15-8-9-16(22(24)18(15)13-27)19-6-4-10-25-26-19/h3-11,17H,12-13H2,1-2H3. The molecule has 0 amide bonds. The van der Waals surface area contributed by atoms with E-state index in [9.17, 15) is 0 Å². The summed E-state index contributed by atoms with van der Waals surface area (Å²) in [5.74, 6) is 1.20. The van der Waals surface area contributed by atoms with Crippen LogP contribution in [0.5, 0.6) is 5.75 Å². The van der Waals surface area contributed by atoms with Crippen molar-refractivity contribution >= 4 is 11.0 Å². The maximum absolute atomic E-state index is 15.5. The zero-order valence-electron chi connectivity index (χ0n) is 16.2. The summed E-state index contributed by atoms with van der Waals surface area (Å²) in [5.41, 5.74) is 3.35. The Labute approximate surface area is 167 Å². The highest BCUT2D eigenvalue weighted by atomic mass is 19.1. The van der Waals surface area contributed by atoms with E-state index < -0.39 is 0 Å². The lowest BCUT2D eigenvalue weighted by atomic mass is 9.86. The van der Waals surface area contributed by atoms with Gasteiger partial charge < -0.3 is 14.1 Å². The van der Waals surface area contributed by atoms with E-state index in [2.05, 4.69) is 15.1 Å². The number of methoxy groups -OCH3 is 1. The number of nitrogens with zero attached hydrogens (tertiary/aromatic N) is 3. The van der Waals surface area contributed by atoms with Crippen molar-refractivity contribution in [1.29, 1.82) is 0 Å². The summed E-state index contributed by atoms with van der Waals surface area (Å²) in [4.78, 5) is 2.11. The third kappa shape index (κ3) is 2.96. The lowest BCUT2D eigenvalue weighted by Crippen LogP contribution is -2.31. The quantitative estimate of drug-likeness (QED) is 0.512. The summed E-state index contributed by atoms with van der Waals surface area (Å²) >= 11 is 0. The van der Waals surface area contributed by atoms with Crippen molar-refractivity contribution in [3.8, 4) is 17.0 Å². The first-order valence-electron chi connectivity index (χ1n) is 9.50. The zero-order valence-corrected chi connectivity index (χ0v) is 16.2. The van der Waals surface area contributed by atoms with Crippen molar-refractivity contribution in [3.63, 3.8) is 0 Å². The van der Waals surface area contributed by atoms with Crippen LogP contribution >= 0.6 is 0 Å². The Hall–Kier alpha value is -3.25. The lowest BCUT2D eigenvalue weighted by Gasteiger charge is -2.32. The van der Waals surface area contributed by atoms with E-state index in [-0.39, 0.29) is 11.7 Å². The molecule has 0 bridgehead atoms. The van der Waals surface area contributed by atoms with Gasteiger partial charge in [-0.3, -0.25) is 0 Å². The van der Waals surface area contributed by atoms with Gasteiger partial charge in [-0.25, -0.2) is 4.39 Å². The van der Waals surface area contributed by atoms with Gasteiger partial charge in [0.25, 0.3) is 0 Å². The van der Waals surface area contributed by atoms with E-state index in [1.165, 1.54) is 0 Å². The van der Waals surface area contributed by atoms with Crippen LogP contribution in [0.15, 0.2) is 59.1 Å². The van der Waals surface area contributed by atoms with Crippen LogP contribution in [0.1, 0.15) is 22.8 Å². The molecule has 0 fully saturated rings. The third-order valence-electron chi connectivity index (χ3n) is 5.52. The smallest absolute Gasteiger partial charge is 0.176 e. The van der Waals surface area contributed by atoms with E-state index in [1.54, 1.807) is 31.5 Å². The van der Waals surface area contributed by atoms with Crippen LogP contribution in [0.4, 0.5) is 4.39 Å². The van der Waals surface area contributed by atoms with E-state index in [1.807, 2.05) is 37.4 Å².